The van der Waals surface area contributed by atoms with Crippen molar-refractivity contribution in [2.75, 3.05) is 34.8 Å². The third-order valence-corrected chi connectivity index (χ3v) is 5.39. The zero-order valence-corrected chi connectivity index (χ0v) is 17.5. The number of nitrogens with one attached hydrogen (secondary N) is 3. The molecule has 10 nitrogen and oxygen atoms in total. The standard InChI is InChI=1S/C21H25N7O3/c1-3-22-21-23-11-17-18(24-21)27-9-5-8-16(27)12-28(20(17)31)15-7-4-6-14(10-15)19(30)26-25-13(2)29/h4,6-7,10-11,16H,3,5,8-9,12H2,1-2H3,(H,25,29)(H,26,30)(H,22,23,24). The van der Waals surface area contributed by atoms with Crippen LogP contribution in [-0.2, 0) is 4.79 Å². The van der Waals surface area contributed by atoms with Gasteiger partial charge in [-0.2, -0.15) is 4.98 Å². The third kappa shape index (κ3) is 4.14. The molecule has 1 fully saturated rings. The van der Waals surface area contributed by atoms with Crippen LogP contribution in [-0.4, -0.2) is 53.4 Å². The Balaban J connectivity index is 1.68. The summed E-state index contributed by atoms with van der Waals surface area (Å²) >= 11 is 0. The molecule has 3 heterocycles. The molecule has 1 atom stereocenters. The van der Waals surface area contributed by atoms with E-state index in [1.54, 1.807) is 35.4 Å². The van der Waals surface area contributed by atoms with E-state index in [-0.39, 0.29) is 17.9 Å². The minimum absolute atomic E-state index is 0.131. The van der Waals surface area contributed by atoms with Crippen molar-refractivity contribution in [2.45, 2.75) is 32.7 Å². The molecule has 1 unspecified atom stereocenters. The van der Waals surface area contributed by atoms with E-state index in [1.165, 1.54) is 6.92 Å². The van der Waals surface area contributed by atoms with Crippen molar-refractivity contribution in [3.63, 3.8) is 0 Å². The molecule has 31 heavy (non-hydrogen) atoms. The van der Waals surface area contributed by atoms with Gasteiger partial charge >= 0.3 is 0 Å². The Hall–Kier alpha value is -3.69. The van der Waals surface area contributed by atoms with Crippen molar-refractivity contribution in [1.82, 2.24) is 20.8 Å². The first-order valence-corrected chi connectivity index (χ1v) is 10.3. The summed E-state index contributed by atoms with van der Waals surface area (Å²) < 4.78 is 0. The smallest absolute Gasteiger partial charge is 0.269 e. The lowest BCUT2D eigenvalue weighted by atomic mass is 10.1. The van der Waals surface area contributed by atoms with Gasteiger partial charge in [-0.25, -0.2) is 4.98 Å². The summed E-state index contributed by atoms with van der Waals surface area (Å²) in [6, 6.07) is 6.92. The first-order valence-electron chi connectivity index (χ1n) is 10.3. The number of nitrogens with zero attached hydrogens (tertiary/aromatic N) is 4. The lowest BCUT2D eigenvalue weighted by Gasteiger charge is -2.27. The molecule has 2 aromatic rings. The predicted molar refractivity (Wildman–Crippen MR) is 116 cm³/mol. The first-order chi connectivity index (χ1) is 15.0. The van der Waals surface area contributed by atoms with Crippen LogP contribution in [0.5, 0.6) is 0 Å². The molecule has 0 bridgehead atoms. The van der Waals surface area contributed by atoms with Gasteiger partial charge in [0.25, 0.3) is 11.8 Å². The minimum atomic E-state index is -0.458. The number of fused-ring (bicyclic) bond motifs is 3. The highest BCUT2D eigenvalue weighted by Crippen LogP contribution is 2.34. The van der Waals surface area contributed by atoms with Gasteiger partial charge in [0.2, 0.25) is 11.9 Å². The fourth-order valence-corrected chi connectivity index (χ4v) is 3.98. The van der Waals surface area contributed by atoms with Gasteiger partial charge in [-0.15, -0.1) is 0 Å². The molecule has 4 rings (SSSR count). The van der Waals surface area contributed by atoms with Crippen molar-refractivity contribution in [2.24, 2.45) is 0 Å². The lowest BCUT2D eigenvalue weighted by Crippen LogP contribution is -2.41. The number of anilines is 3. The number of amides is 3. The molecular formula is C21H25N7O3. The molecule has 0 spiro atoms. The van der Waals surface area contributed by atoms with E-state index in [1.807, 2.05) is 6.92 Å². The molecule has 0 aliphatic carbocycles. The van der Waals surface area contributed by atoms with E-state index in [0.717, 1.165) is 19.4 Å². The van der Waals surface area contributed by atoms with Crippen LogP contribution in [0.2, 0.25) is 0 Å². The van der Waals surface area contributed by atoms with E-state index in [4.69, 9.17) is 0 Å². The predicted octanol–water partition coefficient (Wildman–Crippen LogP) is 1.32. The van der Waals surface area contributed by atoms with Gasteiger partial charge in [-0.1, -0.05) is 6.07 Å². The summed E-state index contributed by atoms with van der Waals surface area (Å²) in [7, 11) is 0. The number of benzene rings is 1. The van der Waals surface area contributed by atoms with Crippen LogP contribution in [0.15, 0.2) is 30.5 Å². The molecule has 3 N–H and O–H groups in total. The average Bonchev–Trinajstić information content (AvgIpc) is 3.19. The number of carbonyl (C=O) groups excluding carboxylic acids is 3. The number of hydrogen-bond acceptors (Lipinski definition) is 7. The number of hydrogen-bond donors (Lipinski definition) is 3. The topological polar surface area (TPSA) is 120 Å². The summed E-state index contributed by atoms with van der Waals surface area (Å²) in [4.78, 5) is 49.7. The second kappa shape index (κ2) is 8.58. The Bertz CT molecular complexity index is 1030. The van der Waals surface area contributed by atoms with E-state index < -0.39 is 5.91 Å². The highest BCUT2D eigenvalue weighted by atomic mass is 16.2. The summed E-state index contributed by atoms with van der Waals surface area (Å²) in [5, 5.41) is 3.11. The van der Waals surface area contributed by atoms with Crippen molar-refractivity contribution in [3.05, 3.63) is 41.6 Å². The third-order valence-electron chi connectivity index (χ3n) is 5.39. The van der Waals surface area contributed by atoms with Crippen molar-refractivity contribution >= 4 is 35.2 Å². The van der Waals surface area contributed by atoms with Crippen LogP contribution in [0.3, 0.4) is 0 Å². The molecule has 0 saturated carbocycles. The Kier molecular flexibility index (Phi) is 5.70. The van der Waals surface area contributed by atoms with Crippen molar-refractivity contribution < 1.29 is 14.4 Å². The number of aromatic nitrogens is 2. The highest BCUT2D eigenvalue weighted by Gasteiger charge is 2.37. The number of carbonyl (C=O) groups is 3. The maximum absolute atomic E-state index is 13.5. The van der Waals surface area contributed by atoms with Crippen LogP contribution in [0.1, 0.15) is 47.4 Å². The highest BCUT2D eigenvalue weighted by molar-refractivity contribution is 6.10. The fraction of sp³-hybridized carbons (Fsp3) is 0.381. The summed E-state index contributed by atoms with van der Waals surface area (Å²) in [5.74, 6) is 0.125. The zero-order valence-electron chi connectivity index (χ0n) is 17.5. The Morgan fingerprint density at radius 3 is 2.87 bits per heavy atom. The molecule has 162 valence electrons. The quantitative estimate of drug-likeness (QED) is 0.635. The zero-order chi connectivity index (χ0) is 22.0. The lowest BCUT2D eigenvalue weighted by molar-refractivity contribution is -0.119. The molecular weight excluding hydrogens is 398 g/mol. The molecule has 1 aromatic heterocycles. The maximum atomic E-state index is 13.5. The van der Waals surface area contributed by atoms with Gasteiger partial charge in [-0.3, -0.25) is 25.2 Å². The Labute approximate surface area is 180 Å². The Morgan fingerprint density at radius 1 is 1.26 bits per heavy atom. The number of rotatable bonds is 4. The second-order valence-electron chi connectivity index (χ2n) is 7.55. The van der Waals surface area contributed by atoms with Crippen LogP contribution in [0.4, 0.5) is 17.5 Å². The molecule has 10 heteroatoms. The van der Waals surface area contributed by atoms with Crippen LogP contribution >= 0.6 is 0 Å². The Morgan fingerprint density at radius 2 is 2.10 bits per heavy atom. The van der Waals surface area contributed by atoms with E-state index in [0.29, 0.717) is 41.7 Å². The summed E-state index contributed by atoms with van der Waals surface area (Å²) in [6.45, 7) is 5.29. The molecule has 2 aliphatic rings. The number of hydrazine groups is 1. The van der Waals surface area contributed by atoms with Crippen molar-refractivity contribution in [1.29, 1.82) is 0 Å². The summed E-state index contributed by atoms with van der Waals surface area (Å²) in [5.41, 5.74) is 6.01. The van der Waals surface area contributed by atoms with Gasteiger partial charge in [0.1, 0.15) is 11.4 Å². The van der Waals surface area contributed by atoms with Gasteiger partial charge in [0.05, 0.1) is 0 Å². The monoisotopic (exact) mass is 423 g/mol. The second-order valence-corrected chi connectivity index (χ2v) is 7.55. The van der Waals surface area contributed by atoms with E-state index >= 15 is 0 Å². The van der Waals surface area contributed by atoms with Crippen LogP contribution in [0.25, 0.3) is 0 Å². The average molecular weight is 423 g/mol. The van der Waals surface area contributed by atoms with Crippen LogP contribution < -0.4 is 26.0 Å². The van der Waals surface area contributed by atoms with Gasteiger partial charge < -0.3 is 15.1 Å². The molecule has 2 aliphatic heterocycles. The summed E-state index contributed by atoms with van der Waals surface area (Å²) in [6.07, 6.45) is 3.54. The maximum Gasteiger partial charge on any atom is 0.269 e. The van der Waals surface area contributed by atoms with Gasteiger partial charge in [0, 0.05) is 50.0 Å². The van der Waals surface area contributed by atoms with Gasteiger partial charge in [0.15, 0.2) is 0 Å². The molecule has 0 radical (unpaired) electrons. The van der Waals surface area contributed by atoms with Gasteiger partial charge in [-0.05, 0) is 38.0 Å². The fourth-order valence-electron chi connectivity index (χ4n) is 3.98. The largest absolute Gasteiger partial charge is 0.354 e. The molecule has 1 saturated heterocycles. The van der Waals surface area contributed by atoms with E-state index in [2.05, 4.69) is 31.0 Å². The van der Waals surface area contributed by atoms with E-state index in [9.17, 15) is 14.4 Å². The normalized spacial score (nSPS) is 17.5. The minimum Gasteiger partial charge on any atom is -0.354 e. The van der Waals surface area contributed by atoms with Crippen molar-refractivity contribution in [3.8, 4) is 0 Å². The molecule has 1 aromatic carbocycles. The molecule has 3 amide bonds. The SMILES string of the molecule is CCNc1ncc2c(n1)N1CCCC1CN(c1cccc(C(=O)NNC(C)=O)c1)C2=O. The van der Waals surface area contributed by atoms with Crippen LogP contribution in [0, 0.1) is 0 Å². The first kappa shape index (κ1) is 20.6.